The van der Waals surface area contributed by atoms with Crippen molar-refractivity contribution >= 4 is 12.1 Å². The van der Waals surface area contributed by atoms with E-state index in [0.717, 1.165) is 11.3 Å². The Morgan fingerprint density at radius 3 is 2.77 bits per heavy atom. The summed E-state index contributed by atoms with van der Waals surface area (Å²) in [5.74, 6) is 1.24. The van der Waals surface area contributed by atoms with Crippen molar-refractivity contribution in [3.8, 4) is 11.5 Å². The minimum atomic E-state index is -0.190. The van der Waals surface area contributed by atoms with Gasteiger partial charge in [0.2, 0.25) is 6.54 Å². The molecule has 0 bridgehead atoms. The molecule has 0 saturated heterocycles. The molecule has 0 saturated carbocycles. The van der Waals surface area contributed by atoms with Crippen LogP contribution >= 0.6 is 0 Å². The van der Waals surface area contributed by atoms with Crippen LogP contribution in [0.3, 0.4) is 0 Å². The second-order valence-corrected chi connectivity index (χ2v) is 4.74. The highest BCUT2D eigenvalue weighted by molar-refractivity contribution is 5.83. The Balaban J connectivity index is 1.56. The smallest absolute Gasteiger partial charge is 0.305 e. The molecule has 0 unspecified atom stereocenters. The predicted octanol–water partition coefficient (Wildman–Crippen LogP) is 0.896. The van der Waals surface area contributed by atoms with E-state index >= 15 is 0 Å². The van der Waals surface area contributed by atoms with Gasteiger partial charge in [-0.05, 0) is 23.8 Å². The molecule has 1 amide bonds. The molecule has 0 atom stereocenters. The molecule has 2 aromatic rings. The first kappa shape index (κ1) is 14.1. The molecule has 0 radical (unpaired) electrons. The number of ether oxygens (including phenoxy) is 2. The van der Waals surface area contributed by atoms with Crippen LogP contribution in [0.2, 0.25) is 0 Å². The zero-order valence-corrected chi connectivity index (χ0v) is 11.9. The Labute approximate surface area is 128 Å². The molecule has 6 heteroatoms. The topological polar surface area (TPSA) is 63.8 Å². The number of carbonyl (C=O) groups is 1. The van der Waals surface area contributed by atoms with Crippen LogP contribution in [0.5, 0.6) is 11.5 Å². The first-order valence-electron chi connectivity index (χ1n) is 6.97. The second-order valence-electron chi connectivity index (χ2n) is 4.74. The van der Waals surface area contributed by atoms with Crippen LogP contribution in [-0.4, -0.2) is 25.3 Å². The molecule has 1 N–H and O–H groups in total. The van der Waals surface area contributed by atoms with E-state index in [0.29, 0.717) is 19.0 Å². The third kappa shape index (κ3) is 3.60. The summed E-state index contributed by atoms with van der Waals surface area (Å²) in [5, 5.41) is 3.95. The first-order valence-corrected chi connectivity index (χ1v) is 6.97. The Morgan fingerprint density at radius 1 is 1.18 bits per heavy atom. The molecule has 1 aromatic heterocycles. The van der Waals surface area contributed by atoms with E-state index in [9.17, 15) is 4.79 Å². The molecule has 0 spiro atoms. The van der Waals surface area contributed by atoms with Crippen LogP contribution in [-0.2, 0) is 11.3 Å². The predicted molar refractivity (Wildman–Crippen MR) is 79.8 cm³/mol. The number of aromatic nitrogens is 1. The molecule has 1 aromatic carbocycles. The van der Waals surface area contributed by atoms with Gasteiger partial charge in [-0.2, -0.15) is 9.67 Å². The maximum absolute atomic E-state index is 11.7. The zero-order chi connectivity index (χ0) is 15.2. The van der Waals surface area contributed by atoms with Crippen LogP contribution in [0, 0.1) is 0 Å². The Hall–Kier alpha value is -2.89. The molecule has 0 aliphatic carbocycles. The highest BCUT2D eigenvalue weighted by Gasteiger charge is 2.11. The first-order chi connectivity index (χ1) is 10.8. The summed E-state index contributed by atoms with van der Waals surface area (Å²) in [7, 11) is 0. The van der Waals surface area contributed by atoms with Crippen molar-refractivity contribution in [2.45, 2.75) is 6.54 Å². The lowest BCUT2D eigenvalue weighted by Crippen LogP contribution is -2.40. The van der Waals surface area contributed by atoms with Crippen molar-refractivity contribution in [2.75, 3.05) is 13.2 Å². The number of nitrogens with zero attached hydrogens (tertiary/aromatic N) is 2. The molecular formula is C16H16N3O3+. The number of rotatable bonds is 4. The van der Waals surface area contributed by atoms with Gasteiger partial charge in [-0.1, -0.05) is 6.07 Å². The van der Waals surface area contributed by atoms with E-state index < -0.39 is 0 Å². The molecule has 112 valence electrons. The Morgan fingerprint density at radius 2 is 1.95 bits per heavy atom. The second kappa shape index (κ2) is 6.71. The highest BCUT2D eigenvalue weighted by Crippen LogP contribution is 2.30. The van der Waals surface area contributed by atoms with Crippen LogP contribution in [0.25, 0.3) is 0 Å². The molecular weight excluding hydrogens is 282 g/mol. The summed E-state index contributed by atoms with van der Waals surface area (Å²) in [6, 6.07) is 11.1. The quantitative estimate of drug-likeness (QED) is 0.518. The van der Waals surface area contributed by atoms with Gasteiger partial charge in [-0.25, -0.2) is 5.43 Å². The molecule has 3 rings (SSSR count). The third-order valence-corrected chi connectivity index (χ3v) is 3.07. The molecule has 2 heterocycles. The number of hydrazone groups is 1. The normalized spacial score (nSPS) is 13.1. The number of nitrogens with one attached hydrogen (secondary N) is 1. The van der Waals surface area contributed by atoms with Gasteiger partial charge >= 0.3 is 5.91 Å². The lowest BCUT2D eigenvalue weighted by atomic mass is 10.2. The fraction of sp³-hybridized carbons (Fsp3) is 0.188. The van der Waals surface area contributed by atoms with E-state index in [1.807, 2.05) is 48.8 Å². The van der Waals surface area contributed by atoms with Crippen molar-refractivity contribution in [1.29, 1.82) is 0 Å². The van der Waals surface area contributed by atoms with Gasteiger partial charge in [0.25, 0.3) is 0 Å². The van der Waals surface area contributed by atoms with Gasteiger partial charge in [0, 0.05) is 12.1 Å². The third-order valence-electron chi connectivity index (χ3n) is 3.07. The lowest BCUT2D eigenvalue weighted by molar-refractivity contribution is -0.684. The van der Waals surface area contributed by atoms with E-state index in [2.05, 4.69) is 10.5 Å². The molecule has 0 fully saturated rings. The largest absolute Gasteiger partial charge is 0.486 e. The van der Waals surface area contributed by atoms with Crippen molar-refractivity contribution < 1.29 is 18.8 Å². The summed E-state index contributed by atoms with van der Waals surface area (Å²) >= 11 is 0. The van der Waals surface area contributed by atoms with Gasteiger partial charge in [0.05, 0.1) is 6.21 Å². The SMILES string of the molecule is O=C(C[n+]1ccccc1)N/N=C/c1ccc2c(c1)OCCO2. The monoisotopic (exact) mass is 298 g/mol. The number of hydrogen-bond acceptors (Lipinski definition) is 4. The average Bonchev–Trinajstić information content (AvgIpc) is 2.55. The van der Waals surface area contributed by atoms with E-state index in [-0.39, 0.29) is 12.5 Å². The van der Waals surface area contributed by atoms with E-state index in [1.165, 1.54) is 0 Å². The highest BCUT2D eigenvalue weighted by atomic mass is 16.6. The van der Waals surface area contributed by atoms with Gasteiger partial charge in [0.1, 0.15) is 13.2 Å². The minimum absolute atomic E-state index is 0.190. The van der Waals surface area contributed by atoms with Crippen molar-refractivity contribution in [2.24, 2.45) is 5.10 Å². The van der Waals surface area contributed by atoms with Crippen molar-refractivity contribution in [3.05, 3.63) is 54.4 Å². The van der Waals surface area contributed by atoms with Gasteiger partial charge in [-0.15, -0.1) is 0 Å². The van der Waals surface area contributed by atoms with E-state index in [1.54, 1.807) is 10.8 Å². The lowest BCUT2D eigenvalue weighted by Gasteiger charge is -2.18. The summed E-state index contributed by atoms with van der Waals surface area (Å²) < 4.78 is 12.7. The fourth-order valence-corrected chi connectivity index (χ4v) is 2.06. The standard InChI is InChI=1S/C16H15N3O3/c20-16(12-19-6-2-1-3-7-19)18-17-11-13-4-5-14-15(10-13)22-9-8-21-14/h1-7,10-11H,8-9,12H2/p+1/b17-11+. The van der Waals surface area contributed by atoms with Crippen LogP contribution < -0.4 is 19.5 Å². The Kier molecular flexibility index (Phi) is 4.29. The maximum Gasteiger partial charge on any atom is 0.305 e. The van der Waals surface area contributed by atoms with Crippen molar-refractivity contribution in [1.82, 2.24) is 5.43 Å². The van der Waals surface area contributed by atoms with Crippen LogP contribution in [0.1, 0.15) is 5.56 Å². The van der Waals surface area contributed by atoms with Crippen molar-refractivity contribution in [3.63, 3.8) is 0 Å². The van der Waals surface area contributed by atoms with Crippen LogP contribution in [0.15, 0.2) is 53.9 Å². The maximum atomic E-state index is 11.7. The average molecular weight is 298 g/mol. The molecule has 1 aliphatic rings. The molecule has 6 nitrogen and oxygen atoms in total. The fourth-order valence-electron chi connectivity index (χ4n) is 2.06. The molecule has 22 heavy (non-hydrogen) atoms. The molecule has 1 aliphatic heterocycles. The number of amides is 1. The zero-order valence-electron chi connectivity index (χ0n) is 11.9. The summed E-state index contributed by atoms with van der Waals surface area (Å²) in [6.07, 6.45) is 5.22. The van der Waals surface area contributed by atoms with Gasteiger partial charge in [0.15, 0.2) is 23.9 Å². The van der Waals surface area contributed by atoms with Gasteiger partial charge < -0.3 is 9.47 Å². The summed E-state index contributed by atoms with van der Waals surface area (Å²) in [4.78, 5) is 11.7. The minimum Gasteiger partial charge on any atom is -0.486 e. The Bertz CT molecular complexity index is 686. The summed E-state index contributed by atoms with van der Waals surface area (Å²) in [6.45, 7) is 1.32. The van der Waals surface area contributed by atoms with Gasteiger partial charge in [-0.3, -0.25) is 4.79 Å². The number of benzene rings is 1. The number of hydrogen-bond donors (Lipinski definition) is 1. The number of carbonyl (C=O) groups excluding carboxylic acids is 1. The van der Waals surface area contributed by atoms with Crippen LogP contribution in [0.4, 0.5) is 0 Å². The summed E-state index contributed by atoms with van der Waals surface area (Å²) in [5.41, 5.74) is 3.33. The number of pyridine rings is 1. The number of fused-ring (bicyclic) bond motifs is 1. The van der Waals surface area contributed by atoms with E-state index in [4.69, 9.17) is 9.47 Å².